The molecule has 0 aliphatic carbocycles. The minimum atomic E-state index is 0.494. The summed E-state index contributed by atoms with van der Waals surface area (Å²) in [5, 5.41) is 4.61. The van der Waals surface area contributed by atoms with Gasteiger partial charge in [-0.15, -0.1) is 0 Å². The van der Waals surface area contributed by atoms with Crippen LogP contribution in [-0.4, -0.2) is 16.9 Å². The second-order valence-electron chi connectivity index (χ2n) is 4.68. The fraction of sp³-hybridized carbons (Fsp3) is 0.400. The number of rotatable bonds is 4. The Morgan fingerprint density at radius 2 is 1.89 bits per heavy atom. The molecule has 1 heterocycles. The third-order valence-electron chi connectivity index (χ3n) is 3.46. The van der Waals surface area contributed by atoms with Crippen LogP contribution < -0.4 is 10.5 Å². The first kappa shape index (κ1) is 13.6. The van der Waals surface area contributed by atoms with Gasteiger partial charge >= 0.3 is 0 Å². The highest BCUT2D eigenvalue weighted by atomic mass is 16.5. The van der Waals surface area contributed by atoms with E-state index in [1.54, 1.807) is 7.11 Å². The maximum absolute atomic E-state index is 5.75. The summed E-state index contributed by atoms with van der Waals surface area (Å²) >= 11 is 0. The first-order chi connectivity index (χ1) is 9.10. The van der Waals surface area contributed by atoms with Gasteiger partial charge in [-0.05, 0) is 50.1 Å². The molecule has 0 bridgehead atoms. The van der Waals surface area contributed by atoms with Gasteiger partial charge in [-0.2, -0.15) is 5.10 Å². The van der Waals surface area contributed by atoms with E-state index in [0.717, 1.165) is 29.2 Å². The van der Waals surface area contributed by atoms with Crippen LogP contribution in [0.2, 0.25) is 0 Å². The number of aryl methyl sites for hydroxylation is 3. The van der Waals surface area contributed by atoms with Crippen molar-refractivity contribution in [3.8, 4) is 17.0 Å². The predicted molar refractivity (Wildman–Crippen MR) is 77.3 cm³/mol. The van der Waals surface area contributed by atoms with Gasteiger partial charge in [0.05, 0.1) is 18.5 Å². The monoisotopic (exact) mass is 259 g/mol. The molecule has 0 aliphatic rings. The lowest BCUT2D eigenvalue weighted by Gasteiger charge is -2.10. The molecule has 19 heavy (non-hydrogen) atoms. The summed E-state index contributed by atoms with van der Waals surface area (Å²) in [6.45, 7) is 7.55. The van der Waals surface area contributed by atoms with E-state index >= 15 is 0 Å². The second kappa shape index (κ2) is 5.45. The third-order valence-corrected chi connectivity index (χ3v) is 3.46. The molecule has 0 spiro atoms. The minimum absolute atomic E-state index is 0.494. The van der Waals surface area contributed by atoms with E-state index < -0.39 is 0 Å². The fourth-order valence-electron chi connectivity index (χ4n) is 2.18. The van der Waals surface area contributed by atoms with Crippen molar-refractivity contribution in [1.29, 1.82) is 0 Å². The van der Waals surface area contributed by atoms with Crippen molar-refractivity contribution < 1.29 is 4.74 Å². The van der Waals surface area contributed by atoms with Gasteiger partial charge in [0.15, 0.2) is 0 Å². The smallest absolute Gasteiger partial charge is 0.128 e. The van der Waals surface area contributed by atoms with Crippen molar-refractivity contribution in [3.05, 3.63) is 35.0 Å². The molecule has 0 atom stereocenters. The largest absolute Gasteiger partial charge is 0.496 e. The van der Waals surface area contributed by atoms with Crippen LogP contribution in [0.15, 0.2) is 18.2 Å². The Morgan fingerprint density at radius 3 is 2.42 bits per heavy atom. The Labute approximate surface area is 114 Å². The van der Waals surface area contributed by atoms with E-state index in [1.807, 2.05) is 10.7 Å². The maximum atomic E-state index is 5.75. The van der Waals surface area contributed by atoms with Gasteiger partial charge < -0.3 is 10.5 Å². The molecule has 2 rings (SSSR count). The SMILES string of the molecule is CCn1nc(-c2cc(C)c(C)cc2OC)cc1CN. The van der Waals surface area contributed by atoms with Gasteiger partial charge in [-0.3, -0.25) is 4.68 Å². The number of benzene rings is 1. The predicted octanol–water partition coefficient (Wildman–Crippen LogP) is 2.65. The quantitative estimate of drug-likeness (QED) is 0.918. The normalized spacial score (nSPS) is 10.8. The molecule has 4 heteroatoms. The molecule has 0 fully saturated rings. The molecule has 1 aromatic carbocycles. The van der Waals surface area contributed by atoms with E-state index in [9.17, 15) is 0 Å². The summed E-state index contributed by atoms with van der Waals surface area (Å²) < 4.78 is 7.41. The van der Waals surface area contributed by atoms with E-state index in [0.29, 0.717) is 6.54 Å². The van der Waals surface area contributed by atoms with Crippen molar-refractivity contribution in [2.75, 3.05) is 7.11 Å². The number of nitrogens with zero attached hydrogens (tertiary/aromatic N) is 2. The number of hydrogen-bond donors (Lipinski definition) is 1. The zero-order chi connectivity index (χ0) is 14.0. The molecule has 2 aromatic rings. The van der Waals surface area contributed by atoms with Crippen LogP contribution in [0.5, 0.6) is 5.75 Å². The summed E-state index contributed by atoms with van der Waals surface area (Å²) in [6.07, 6.45) is 0. The molecule has 2 N–H and O–H groups in total. The summed E-state index contributed by atoms with van der Waals surface area (Å²) in [7, 11) is 1.69. The van der Waals surface area contributed by atoms with Crippen LogP contribution in [0.3, 0.4) is 0 Å². The molecule has 0 saturated carbocycles. The number of aromatic nitrogens is 2. The third kappa shape index (κ3) is 2.49. The lowest BCUT2D eigenvalue weighted by atomic mass is 10.0. The van der Waals surface area contributed by atoms with Crippen LogP contribution >= 0.6 is 0 Å². The highest BCUT2D eigenvalue weighted by molar-refractivity contribution is 5.69. The van der Waals surface area contributed by atoms with E-state index in [4.69, 9.17) is 10.5 Å². The lowest BCUT2D eigenvalue weighted by molar-refractivity contribution is 0.416. The topological polar surface area (TPSA) is 53.1 Å². The fourth-order valence-corrected chi connectivity index (χ4v) is 2.18. The van der Waals surface area contributed by atoms with E-state index in [2.05, 4.69) is 38.0 Å². The standard InChI is InChI=1S/C15H21N3O/c1-5-18-12(9-16)8-14(17-18)13-6-10(2)11(3)7-15(13)19-4/h6-8H,5,9,16H2,1-4H3. The van der Waals surface area contributed by atoms with Gasteiger partial charge in [-0.25, -0.2) is 0 Å². The van der Waals surface area contributed by atoms with Crippen molar-refractivity contribution in [1.82, 2.24) is 9.78 Å². The van der Waals surface area contributed by atoms with Crippen molar-refractivity contribution >= 4 is 0 Å². The van der Waals surface area contributed by atoms with Crippen molar-refractivity contribution in [2.24, 2.45) is 5.73 Å². The molecule has 0 saturated heterocycles. The minimum Gasteiger partial charge on any atom is -0.496 e. The van der Waals surface area contributed by atoms with Gasteiger partial charge in [-0.1, -0.05) is 0 Å². The molecular formula is C15H21N3O. The molecule has 4 nitrogen and oxygen atoms in total. The number of hydrogen-bond acceptors (Lipinski definition) is 3. The molecule has 0 unspecified atom stereocenters. The Morgan fingerprint density at radius 1 is 1.21 bits per heavy atom. The number of methoxy groups -OCH3 is 1. The first-order valence-corrected chi connectivity index (χ1v) is 6.53. The molecule has 102 valence electrons. The van der Waals surface area contributed by atoms with Crippen LogP contribution in [-0.2, 0) is 13.1 Å². The summed E-state index contributed by atoms with van der Waals surface area (Å²) in [6, 6.07) is 6.21. The van der Waals surface area contributed by atoms with Crippen LogP contribution in [0.4, 0.5) is 0 Å². The van der Waals surface area contributed by atoms with Gasteiger partial charge in [0.2, 0.25) is 0 Å². The zero-order valence-corrected chi connectivity index (χ0v) is 12.0. The van der Waals surface area contributed by atoms with Crippen molar-refractivity contribution in [2.45, 2.75) is 33.9 Å². The zero-order valence-electron chi connectivity index (χ0n) is 12.0. The van der Waals surface area contributed by atoms with Gasteiger partial charge in [0.25, 0.3) is 0 Å². The Hall–Kier alpha value is -1.81. The lowest BCUT2D eigenvalue weighted by Crippen LogP contribution is -2.06. The molecule has 1 aromatic heterocycles. The van der Waals surface area contributed by atoms with E-state index in [-0.39, 0.29) is 0 Å². The number of nitrogens with two attached hydrogens (primary N) is 1. The average molecular weight is 259 g/mol. The summed E-state index contributed by atoms with van der Waals surface area (Å²) in [4.78, 5) is 0. The number of ether oxygens (including phenoxy) is 1. The van der Waals surface area contributed by atoms with Crippen molar-refractivity contribution in [3.63, 3.8) is 0 Å². The molecule has 0 aliphatic heterocycles. The summed E-state index contributed by atoms with van der Waals surface area (Å²) in [5.41, 5.74) is 11.2. The molecule has 0 radical (unpaired) electrons. The van der Waals surface area contributed by atoms with Gasteiger partial charge in [0.1, 0.15) is 5.75 Å². The van der Waals surface area contributed by atoms with Gasteiger partial charge in [0, 0.05) is 18.7 Å². The maximum Gasteiger partial charge on any atom is 0.128 e. The Kier molecular flexibility index (Phi) is 3.90. The van der Waals surface area contributed by atoms with Crippen LogP contribution in [0, 0.1) is 13.8 Å². The second-order valence-corrected chi connectivity index (χ2v) is 4.68. The Bertz CT molecular complexity index is 566. The molecular weight excluding hydrogens is 238 g/mol. The highest BCUT2D eigenvalue weighted by Gasteiger charge is 2.13. The molecule has 0 amide bonds. The first-order valence-electron chi connectivity index (χ1n) is 6.53. The average Bonchev–Trinajstić information content (AvgIpc) is 2.84. The highest BCUT2D eigenvalue weighted by Crippen LogP contribution is 2.32. The Balaban J connectivity index is 2.57. The van der Waals surface area contributed by atoms with Crippen LogP contribution in [0.1, 0.15) is 23.7 Å². The van der Waals surface area contributed by atoms with Crippen LogP contribution in [0.25, 0.3) is 11.3 Å². The summed E-state index contributed by atoms with van der Waals surface area (Å²) in [5.74, 6) is 0.854. The van der Waals surface area contributed by atoms with E-state index in [1.165, 1.54) is 11.1 Å².